The number of nitrogens with one attached hydrogen (secondary N) is 3. The fourth-order valence-electron chi connectivity index (χ4n) is 3.82. The molecule has 0 bridgehead atoms. The number of carbonyl (C=O) groups is 1. The van der Waals surface area contributed by atoms with Gasteiger partial charge < -0.3 is 19.9 Å². The Bertz CT molecular complexity index is 802. The SMILES string of the molecule is COc1ccc(C)cc1C[NH+]1CC[NH+]([C@H](C)C(=O)Nc2ccc(F)cc2)CC1. The summed E-state index contributed by atoms with van der Waals surface area (Å²) in [6.45, 7) is 8.92. The fraction of sp³-hybridized carbons (Fsp3) is 0.409. The number of aryl methyl sites for hydroxylation is 1. The average Bonchev–Trinajstić information content (AvgIpc) is 2.70. The Hall–Kier alpha value is -2.44. The molecule has 3 N–H and O–H groups in total. The number of amides is 1. The van der Waals surface area contributed by atoms with Crippen LogP contribution in [0.2, 0.25) is 0 Å². The first kappa shape index (κ1) is 20.3. The van der Waals surface area contributed by atoms with Gasteiger partial charge in [-0.1, -0.05) is 11.6 Å². The summed E-state index contributed by atoms with van der Waals surface area (Å²) in [7, 11) is 1.72. The number of rotatable bonds is 6. The Morgan fingerprint density at radius 3 is 2.46 bits per heavy atom. The summed E-state index contributed by atoms with van der Waals surface area (Å²) in [6.07, 6.45) is 0. The second kappa shape index (κ2) is 9.17. The van der Waals surface area contributed by atoms with Crippen molar-refractivity contribution in [2.75, 3.05) is 38.6 Å². The van der Waals surface area contributed by atoms with Crippen molar-refractivity contribution >= 4 is 11.6 Å². The van der Waals surface area contributed by atoms with E-state index in [-0.39, 0.29) is 17.8 Å². The van der Waals surface area contributed by atoms with Crippen molar-refractivity contribution in [1.29, 1.82) is 0 Å². The lowest BCUT2D eigenvalue weighted by Crippen LogP contribution is -3.29. The Balaban J connectivity index is 1.52. The van der Waals surface area contributed by atoms with Crippen LogP contribution in [0.5, 0.6) is 5.75 Å². The Labute approximate surface area is 166 Å². The zero-order valence-electron chi connectivity index (χ0n) is 16.8. The molecule has 0 unspecified atom stereocenters. The summed E-state index contributed by atoms with van der Waals surface area (Å²) in [6, 6.07) is 12.1. The minimum absolute atomic E-state index is 0.0228. The maximum atomic E-state index is 13.0. The highest BCUT2D eigenvalue weighted by atomic mass is 19.1. The lowest BCUT2D eigenvalue weighted by atomic mass is 10.1. The molecule has 0 aliphatic carbocycles. The molecule has 0 radical (unpaired) electrons. The Kier molecular flexibility index (Phi) is 6.65. The molecule has 1 atom stereocenters. The number of anilines is 1. The Morgan fingerprint density at radius 1 is 1.14 bits per heavy atom. The quantitative estimate of drug-likeness (QED) is 0.674. The van der Waals surface area contributed by atoms with Crippen LogP contribution in [0.15, 0.2) is 42.5 Å². The molecule has 150 valence electrons. The van der Waals surface area contributed by atoms with Gasteiger partial charge in [-0.15, -0.1) is 0 Å². The van der Waals surface area contributed by atoms with Crippen LogP contribution in [-0.4, -0.2) is 45.2 Å². The molecule has 28 heavy (non-hydrogen) atoms. The Morgan fingerprint density at radius 2 is 1.82 bits per heavy atom. The van der Waals surface area contributed by atoms with Crippen molar-refractivity contribution in [3.63, 3.8) is 0 Å². The normalized spacial score (nSPS) is 20.4. The standard InChI is InChI=1S/C22H28FN3O2/c1-16-4-9-21(28-3)18(14-16)15-25-10-12-26(13-11-25)17(2)22(27)24-20-7-5-19(23)6-8-20/h4-9,14,17H,10-13,15H2,1-3H3,(H,24,27)/p+2/t17-/m1/s1. The van der Waals surface area contributed by atoms with Crippen LogP contribution in [0.3, 0.4) is 0 Å². The summed E-state index contributed by atoms with van der Waals surface area (Å²) in [5.41, 5.74) is 3.11. The van der Waals surface area contributed by atoms with Crippen molar-refractivity contribution in [1.82, 2.24) is 0 Å². The highest BCUT2D eigenvalue weighted by Gasteiger charge is 2.31. The topological polar surface area (TPSA) is 47.2 Å². The number of hydrogen-bond donors (Lipinski definition) is 3. The van der Waals surface area contributed by atoms with E-state index < -0.39 is 0 Å². The van der Waals surface area contributed by atoms with Crippen LogP contribution < -0.4 is 19.9 Å². The van der Waals surface area contributed by atoms with E-state index in [0.29, 0.717) is 5.69 Å². The average molecular weight is 387 g/mol. The third-order valence-corrected chi connectivity index (χ3v) is 5.59. The minimum atomic E-state index is -0.305. The molecular formula is C22H30FN3O2+2. The third kappa shape index (κ3) is 5.09. The monoisotopic (exact) mass is 387 g/mol. The fourth-order valence-corrected chi connectivity index (χ4v) is 3.82. The molecule has 0 spiro atoms. The predicted molar refractivity (Wildman–Crippen MR) is 107 cm³/mol. The molecule has 1 saturated heterocycles. The number of carbonyl (C=O) groups excluding carboxylic acids is 1. The van der Waals surface area contributed by atoms with E-state index in [0.717, 1.165) is 38.5 Å². The van der Waals surface area contributed by atoms with Crippen molar-refractivity contribution in [3.05, 3.63) is 59.4 Å². The van der Waals surface area contributed by atoms with E-state index >= 15 is 0 Å². The predicted octanol–water partition coefficient (Wildman–Crippen LogP) is 0.453. The van der Waals surface area contributed by atoms with Gasteiger partial charge in [0.1, 0.15) is 44.3 Å². The summed E-state index contributed by atoms with van der Waals surface area (Å²) in [5.74, 6) is 0.617. The molecular weight excluding hydrogens is 357 g/mol. The largest absolute Gasteiger partial charge is 0.496 e. The highest BCUT2D eigenvalue weighted by Crippen LogP contribution is 2.18. The van der Waals surface area contributed by atoms with E-state index in [2.05, 4.69) is 24.4 Å². The molecule has 0 aromatic heterocycles. The first-order chi connectivity index (χ1) is 13.5. The molecule has 5 nitrogen and oxygen atoms in total. The van der Waals surface area contributed by atoms with Crippen molar-refractivity contribution in [2.24, 2.45) is 0 Å². The van der Waals surface area contributed by atoms with Gasteiger partial charge in [0.25, 0.3) is 5.91 Å². The van der Waals surface area contributed by atoms with Gasteiger partial charge in [-0.05, 0) is 50.2 Å². The second-order valence-electron chi connectivity index (χ2n) is 7.62. The van der Waals surface area contributed by atoms with Gasteiger partial charge in [0.05, 0.1) is 7.11 Å². The minimum Gasteiger partial charge on any atom is -0.496 e. The summed E-state index contributed by atoms with van der Waals surface area (Å²) >= 11 is 0. The summed E-state index contributed by atoms with van der Waals surface area (Å²) < 4.78 is 18.5. The van der Waals surface area contributed by atoms with Gasteiger partial charge in [0.15, 0.2) is 6.04 Å². The number of quaternary nitrogens is 2. The van der Waals surface area contributed by atoms with Gasteiger partial charge in [0.2, 0.25) is 0 Å². The number of ether oxygens (including phenoxy) is 1. The van der Waals surface area contributed by atoms with E-state index in [1.807, 2.05) is 13.0 Å². The van der Waals surface area contributed by atoms with Crippen molar-refractivity contribution < 1.29 is 23.7 Å². The van der Waals surface area contributed by atoms with Gasteiger partial charge >= 0.3 is 0 Å². The molecule has 1 aliphatic heterocycles. The molecule has 2 aromatic rings. The summed E-state index contributed by atoms with van der Waals surface area (Å²) in [5, 5.41) is 2.89. The molecule has 2 aromatic carbocycles. The van der Waals surface area contributed by atoms with Gasteiger partial charge in [-0.2, -0.15) is 0 Å². The van der Waals surface area contributed by atoms with Gasteiger partial charge in [0, 0.05) is 11.3 Å². The lowest BCUT2D eigenvalue weighted by Gasteiger charge is -2.32. The summed E-state index contributed by atoms with van der Waals surface area (Å²) in [4.78, 5) is 15.3. The van der Waals surface area contributed by atoms with E-state index in [1.54, 1.807) is 19.2 Å². The number of methoxy groups -OCH3 is 1. The number of benzene rings is 2. The molecule has 1 amide bonds. The van der Waals surface area contributed by atoms with E-state index in [4.69, 9.17) is 4.74 Å². The van der Waals surface area contributed by atoms with Crippen LogP contribution in [-0.2, 0) is 11.3 Å². The van der Waals surface area contributed by atoms with Gasteiger partial charge in [-0.3, -0.25) is 4.79 Å². The molecule has 1 fully saturated rings. The third-order valence-electron chi connectivity index (χ3n) is 5.59. The first-order valence-electron chi connectivity index (χ1n) is 9.84. The van der Waals surface area contributed by atoms with Crippen LogP contribution in [0.4, 0.5) is 10.1 Å². The molecule has 0 saturated carbocycles. The van der Waals surface area contributed by atoms with Crippen LogP contribution >= 0.6 is 0 Å². The second-order valence-corrected chi connectivity index (χ2v) is 7.62. The van der Waals surface area contributed by atoms with Crippen molar-refractivity contribution in [3.8, 4) is 5.75 Å². The molecule has 1 heterocycles. The van der Waals surface area contributed by atoms with Crippen LogP contribution in [0.25, 0.3) is 0 Å². The first-order valence-corrected chi connectivity index (χ1v) is 9.84. The number of halogens is 1. The maximum Gasteiger partial charge on any atom is 0.282 e. The van der Waals surface area contributed by atoms with Crippen molar-refractivity contribution in [2.45, 2.75) is 26.4 Å². The molecule has 1 aliphatic rings. The zero-order chi connectivity index (χ0) is 20.1. The van der Waals surface area contributed by atoms with Crippen LogP contribution in [0.1, 0.15) is 18.1 Å². The van der Waals surface area contributed by atoms with Gasteiger partial charge in [-0.25, -0.2) is 4.39 Å². The lowest BCUT2D eigenvalue weighted by molar-refractivity contribution is -1.02. The molecule has 3 rings (SSSR count). The van der Waals surface area contributed by atoms with E-state index in [9.17, 15) is 9.18 Å². The highest BCUT2D eigenvalue weighted by molar-refractivity contribution is 5.93. The molecule has 6 heteroatoms. The van der Waals surface area contributed by atoms with E-state index in [1.165, 1.54) is 33.1 Å². The smallest absolute Gasteiger partial charge is 0.282 e. The van der Waals surface area contributed by atoms with Crippen LogP contribution in [0, 0.1) is 12.7 Å². The maximum absolute atomic E-state index is 13.0. The zero-order valence-corrected chi connectivity index (χ0v) is 16.8. The number of hydrogen-bond acceptors (Lipinski definition) is 2. The number of piperazine rings is 1.